The fourth-order valence-corrected chi connectivity index (χ4v) is 3.09. The number of pyridine rings is 1. The molecule has 0 aliphatic heterocycles. The largest absolute Gasteiger partial charge is 0.355 e. The van der Waals surface area contributed by atoms with Crippen molar-refractivity contribution in [2.24, 2.45) is 0 Å². The second kappa shape index (κ2) is 7.77. The normalized spacial score (nSPS) is 13.2. The van der Waals surface area contributed by atoms with E-state index in [9.17, 15) is 13.2 Å². The molecule has 0 spiro atoms. The minimum Gasteiger partial charge on any atom is -0.355 e. The van der Waals surface area contributed by atoms with Crippen LogP contribution in [0.3, 0.4) is 0 Å². The summed E-state index contributed by atoms with van der Waals surface area (Å²) in [6.07, 6.45) is 2.20. The number of sulfonamides is 1. The highest BCUT2D eigenvalue weighted by atomic mass is 32.2. The predicted octanol–water partition coefficient (Wildman–Crippen LogP) is 1.34. The molecule has 0 radical (unpaired) electrons. The number of amides is 1. The Kier molecular flexibility index (Phi) is 6.63. The smallest absolute Gasteiger partial charge is 0.244 e. The third kappa shape index (κ3) is 4.98. The molecule has 0 bridgehead atoms. The van der Waals surface area contributed by atoms with Crippen LogP contribution < -0.4 is 5.32 Å². The fourth-order valence-electron chi connectivity index (χ4n) is 1.43. The Morgan fingerprint density at radius 3 is 2.57 bits per heavy atom. The van der Waals surface area contributed by atoms with E-state index in [4.69, 9.17) is 0 Å². The van der Waals surface area contributed by atoms with E-state index in [1.165, 1.54) is 38.1 Å². The highest BCUT2D eigenvalue weighted by molar-refractivity contribution is 8.00. The van der Waals surface area contributed by atoms with Crippen molar-refractivity contribution >= 4 is 27.7 Å². The van der Waals surface area contributed by atoms with Crippen molar-refractivity contribution in [2.75, 3.05) is 20.6 Å². The highest BCUT2D eigenvalue weighted by Crippen LogP contribution is 2.22. The van der Waals surface area contributed by atoms with E-state index in [1.54, 1.807) is 13.0 Å². The van der Waals surface area contributed by atoms with Gasteiger partial charge < -0.3 is 5.32 Å². The van der Waals surface area contributed by atoms with Crippen LogP contribution in [-0.2, 0) is 14.8 Å². The topological polar surface area (TPSA) is 79.4 Å². The summed E-state index contributed by atoms with van der Waals surface area (Å²) in [6, 6.07) is 3.12. The van der Waals surface area contributed by atoms with Gasteiger partial charge in [-0.15, -0.1) is 0 Å². The summed E-state index contributed by atoms with van der Waals surface area (Å²) < 4.78 is 25.0. The van der Waals surface area contributed by atoms with Crippen LogP contribution in [0.4, 0.5) is 0 Å². The first kappa shape index (κ1) is 17.9. The second-order valence-electron chi connectivity index (χ2n) is 4.67. The summed E-state index contributed by atoms with van der Waals surface area (Å²) >= 11 is 1.30. The van der Waals surface area contributed by atoms with Crippen LogP contribution in [-0.4, -0.2) is 49.5 Å². The Bertz CT molecular complexity index is 571. The number of nitrogens with one attached hydrogen (secondary N) is 1. The number of carbonyl (C=O) groups excluding carboxylic acids is 1. The SMILES string of the molecule is CCCNC(=O)[C@@H](C)Sc1ccc(S(=O)(=O)N(C)C)cn1. The number of nitrogens with zero attached hydrogens (tertiary/aromatic N) is 2. The third-order valence-corrected chi connectivity index (χ3v) is 5.55. The molecular weight excluding hydrogens is 310 g/mol. The molecule has 1 aromatic heterocycles. The van der Waals surface area contributed by atoms with Crippen LogP contribution in [0.15, 0.2) is 28.3 Å². The molecule has 6 nitrogen and oxygen atoms in total. The van der Waals surface area contributed by atoms with Crippen molar-refractivity contribution in [1.29, 1.82) is 0 Å². The van der Waals surface area contributed by atoms with Gasteiger partial charge in [0.15, 0.2) is 0 Å². The predicted molar refractivity (Wildman–Crippen MR) is 83.7 cm³/mol. The Hall–Kier alpha value is -1.12. The quantitative estimate of drug-likeness (QED) is 0.763. The third-order valence-electron chi connectivity index (χ3n) is 2.70. The van der Waals surface area contributed by atoms with Gasteiger partial charge in [-0.1, -0.05) is 18.7 Å². The summed E-state index contributed by atoms with van der Waals surface area (Å²) in [5.41, 5.74) is 0. The standard InChI is InChI=1S/C13H21N3O3S2/c1-5-8-14-13(17)10(2)20-12-7-6-11(9-15-12)21(18,19)16(3)4/h6-7,9-10H,5,8H2,1-4H3,(H,14,17)/t10-/m1/s1. The molecule has 1 aromatic rings. The van der Waals surface area contributed by atoms with Crippen LogP contribution in [0, 0.1) is 0 Å². The molecule has 0 saturated carbocycles. The lowest BCUT2D eigenvalue weighted by molar-refractivity contribution is -0.120. The first-order valence-electron chi connectivity index (χ1n) is 6.62. The highest BCUT2D eigenvalue weighted by Gasteiger charge is 2.19. The summed E-state index contributed by atoms with van der Waals surface area (Å²) in [4.78, 5) is 16.0. The van der Waals surface area contributed by atoms with Crippen molar-refractivity contribution in [2.45, 2.75) is 35.4 Å². The zero-order valence-electron chi connectivity index (χ0n) is 12.7. The average Bonchev–Trinajstić information content (AvgIpc) is 2.45. The molecule has 0 fully saturated rings. The Labute approximate surface area is 130 Å². The van der Waals surface area contributed by atoms with E-state index in [0.717, 1.165) is 10.7 Å². The molecule has 118 valence electrons. The van der Waals surface area contributed by atoms with Crippen molar-refractivity contribution in [3.05, 3.63) is 18.3 Å². The number of hydrogen-bond acceptors (Lipinski definition) is 5. The Balaban J connectivity index is 2.73. The van der Waals surface area contributed by atoms with Gasteiger partial charge in [0.2, 0.25) is 15.9 Å². The van der Waals surface area contributed by atoms with Gasteiger partial charge in [0.05, 0.1) is 10.3 Å². The van der Waals surface area contributed by atoms with Gasteiger partial charge in [-0.2, -0.15) is 0 Å². The number of hydrogen-bond donors (Lipinski definition) is 1. The van der Waals surface area contributed by atoms with Gasteiger partial charge in [0.25, 0.3) is 0 Å². The van der Waals surface area contributed by atoms with Gasteiger partial charge in [-0.3, -0.25) is 4.79 Å². The molecular formula is C13H21N3O3S2. The molecule has 1 heterocycles. The van der Waals surface area contributed by atoms with Crippen LogP contribution in [0.25, 0.3) is 0 Å². The first-order valence-corrected chi connectivity index (χ1v) is 8.94. The lowest BCUT2D eigenvalue weighted by atomic mass is 10.4. The van der Waals surface area contributed by atoms with Gasteiger partial charge in [0, 0.05) is 26.8 Å². The molecule has 1 N–H and O–H groups in total. The maximum atomic E-state index is 11.9. The minimum atomic E-state index is -3.47. The summed E-state index contributed by atoms with van der Waals surface area (Å²) in [5, 5.41) is 3.15. The molecule has 0 aliphatic rings. The lowest BCUT2D eigenvalue weighted by Crippen LogP contribution is -2.31. The molecule has 1 amide bonds. The van der Waals surface area contributed by atoms with Crippen molar-refractivity contribution < 1.29 is 13.2 Å². The molecule has 0 unspecified atom stereocenters. The number of carbonyl (C=O) groups is 1. The van der Waals surface area contributed by atoms with E-state index >= 15 is 0 Å². The molecule has 1 rings (SSSR count). The van der Waals surface area contributed by atoms with E-state index in [0.29, 0.717) is 11.6 Å². The van der Waals surface area contributed by atoms with E-state index < -0.39 is 10.0 Å². The zero-order valence-corrected chi connectivity index (χ0v) is 14.3. The van der Waals surface area contributed by atoms with E-state index in [2.05, 4.69) is 10.3 Å². The van der Waals surface area contributed by atoms with E-state index in [-0.39, 0.29) is 16.1 Å². The number of thioether (sulfide) groups is 1. The van der Waals surface area contributed by atoms with Crippen LogP contribution in [0.5, 0.6) is 0 Å². The molecule has 1 atom stereocenters. The summed E-state index contributed by atoms with van der Waals surface area (Å²) in [6.45, 7) is 4.43. The van der Waals surface area contributed by atoms with Crippen LogP contribution in [0.2, 0.25) is 0 Å². The molecule has 0 saturated heterocycles. The maximum absolute atomic E-state index is 11.9. The van der Waals surface area contributed by atoms with Gasteiger partial charge in [-0.05, 0) is 25.5 Å². The van der Waals surface area contributed by atoms with Crippen LogP contribution >= 0.6 is 11.8 Å². The first-order chi connectivity index (χ1) is 9.78. The number of aromatic nitrogens is 1. The van der Waals surface area contributed by atoms with Gasteiger partial charge in [0.1, 0.15) is 4.90 Å². The molecule has 8 heteroatoms. The monoisotopic (exact) mass is 331 g/mol. The zero-order chi connectivity index (χ0) is 16.0. The fraction of sp³-hybridized carbons (Fsp3) is 0.538. The van der Waals surface area contributed by atoms with Crippen LogP contribution in [0.1, 0.15) is 20.3 Å². The van der Waals surface area contributed by atoms with Gasteiger partial charge >= 0.3 is 0 Å². The summed E-state index contributed by atoms with van der Waals surface area (Å²) in [5.74, 6) is -0.0476. The lowest BCUT2D eigenvalue weighted by Gasteiger charge is -2.13. The van der Waals surface area contributed by atoms with Gasteiger partial charge in [-0.25, -0.2) is 17.7 Å². The second-order valence-corrected chi connectivity index (χ2v) is 8.18. The minimum absolute atomic E-state index is 0.0476. The van der Waals surface area contributed by atoms with Crippen molar-refractivity contribution in [3.8, 4) is 0 Å². The van der Waals surface area contributed by atoms with E-state index in [1.807, 2.05) is 6.92 Å². The Morgan fingerprint density at radius 2 is 2.10 bits per heavy atom. The number of rotatable bonds is 7. The van der Waals surface area contributed by atoms with Crippen molar-refractivity contribution in [3.63, 3.8) is 0 Å². The molecule has 0 aromatic carbocycles. The molecule has 21 heavy (non-hydrogen) atoms. The van der Waals surface area contributed by atoms with Crippen molar-refractivity contribution in [1.82, 2.24) is 14.6 Å². The average molecular weight is 331 g/mol. The molecule has 0 aliphatic carbocycles. The summed E-state index contributed by atoms with van der Waals surface area (Å²) in [7, 11) is -0.527. The maximum Gasteiger partial charge on any atom is 0.244 e. The Morgan fingerprint density at radius 1 is 1.43 bits per heavy atom.